The summed E-state index contributed by atoms with van der Waals surface area (Å²) in [4.78, 5) is 0. The zero-order valence-corrected chi connectivity index (χ0v) is 22.2. The molecule has 35 heavy (non-hydrogen) atoms. The fourth-order valence-corrected chi connectivity index (χ4v) is 11.1. The maximum absolute atomic E-state index is 6.08. The molecule has 1 aromatic heterocycles. The van der Waals surface area contributed by atoms with Crippen LogP contribution in [0.3, 0.4) is 0 Å². The highest BCUT2D eigenvalue weighted by atomic mass is 31.1. The Morgan fingerprint density at radius 1 is 0.714 bits per heavy atom. The van der Waals surface area contributed by atoms with Gasteiger partial charge in [0.05, 0.1) is 12.8 Å². The highest BCUT2D eigenvalue weighted by Gasteiger charge is 2.37. The maximum Gasteiger partial charge on any atom is 0.128 e. The van der Waals surface area contributed by atoms with Crippen LogP contribution in [-0.2, 0) is 7.05 Å². The van der Waals surface area contributed by atoms with E-state index in [2.05, 4.69) is 72.3 Å². The van der Waals surface area contributed by atoms with Gasteiger partial charge in [-0.3, -0.25) is 0 Å². The van der Waals surface area contributed by atoms with Crippen LogP contribution in [0, 0.1) is 0 Å². The summed E-state index contributed by atoms with van der Waals surface area (Å²) in [7, 11) is 3.86. The van der Waals surface area contributed by atoms with Crippen LogP contribution in [0.1, 0.15) is 64.2 Å². The number of nitrogens with zero attached hydrogens (tertiary/aromatic N) is 1. The van der Waals surface area contributed by atoms with E-state index in [1.54, 1.807) is 5.30 Å². The third-order valence-electron chi connectivity index (χ3n) is 8.62. The van der Waals surface area contributed by atoms with Gasteiger partial charge in [-0.25, -0.2) is 0 Å². The van der Waals surface area contributed by atoms with Gasteiger partial charge in [0.15, 0.2) is 0 Å². The zero-order valence-electron chi connectivity index (χ0n) is 21.3. The van der Waals surface area contributed by atoms with Crippen molar-refractivity contribution in [2.75, 3.05) is 7.11 Å². The van der Waals surface area contributed by atoms with Gasteiger partial charge in [0, 0.05) is 28.8 Å². The van der Waals surface area contributed by atoms with Crippen LogP contribution in [0.4, 0.5) is 0 Å². The summed E-state index contributed by atoms with van der Waals surface area (Å²) in [6, 6.07) is 22.5. The Labute approximate surface area is 211 Å². The lowest BCUT2D eigenvalue weighted by Crippen LogP contribution is -2.27. The second-order valence-electron chi connectivity index (χ2n) is 10.6. The molecule has 0 aliphatic heterocycles. The first-order chi connectivity index (χ1) is 17.3. The lowest BCUT2D eigenvalue weighted by Gasteiger charge is -2.39. The van der Waals surface area contributed by atoms with Crippen LogP contribution < -0.4 is 10.0 Å². The average Bonchev–Trinajstić information content (AvgIpc) is 3.21. The van der Waals surface area contributed by atoms with Gasteiger partial charge in [0.2, 0.25) is 0 Å². The second kappa shape index (κ2) is 9.98. The van der Waals surface area contributed by atoms with Gasteiger partial charge in [0.25, 0.3) is 0 Å². The smallest absolute Gasteiger partial charge is 0.128 e. The number of fused-ring (bicyclic) bond motifs is 2. The van der Waals surface area contributed by atoms with E-state index < -0.39 is 0 Å². The number of ether oxygens (including phenoxy) is 1. The molecule has 3 aromatic carbocycles. The SMILES string of the molecule is COc1ccc2ccccc2c1-c1c(P(C2CCCCC2)C2CCCCC2)c2ccccc2n1C. The highest BCUT2D eigenvalue weighted by Crippen LogP contribution is 2.58. The number of methoxy groups -OCH3 is 1. The van der Waals surface area contributed by atoms with Crippen molar-refractivity contribution in [2.45, 2.75) is 75.5 Å². The summed E-state index contributed by atoms with van der Waals surface area (Å²) in [5.74, 6) is 0.998. The van der Waals surface area contributed by atoms with E-state index in [-0.39, 0.29) is 7.92 Å². The number of aromatic nitrogens is 1. The Kier molecular flexibility index (Phi) is 6.59. The quantitative estimate of drug-likeness (QED) is 0.259. The van der Waals surface area contributed by atoms with Gasteiger partial charge >= 0.3 is 0 Å². The molecule has 0 spiro atoms. The first-order valence-electron chi connectivity index (χ1n) is 13.7. The molecule has 0 unspecified atom stereocenters. The Bertz CT molecular complexity index is 1310. The van der Waals surface area contributed by atoms with Crippen molar-refractivity contribution < 1.29 is 4.74 Å². The summed E-state index contributed by atoms with van der Waals surface area (Å²) < 4.78 is 8.57. The minimum absolute atomic E-state index is 0.265. The molecule has 182 valence electrons. The molecule has 4 aromatic rings. The Balaban J connectivity index is 1.67. The average molecular weight is 484 g/mol. The molecule has 0 saturated heterocycles. The molecule has 2 aliphatic carbocycles. The van der Waals surface area contributed by atoms with Crippen molar-refractivity contribution in [1.82, 2.24) is 4.57 Å². The third kappa shape index (κ3) is 4.09. The first kappa shape index (κ1) is 23.1. The van der Waals surface area contributed by atoms with E-state index in [1.165, 1.54) is 97.1 Å². The number of hydrogen-bond donors (Lipinski definition) is 0. The van der Waals surface area contributed by atoms with Crippen LogP contribution in [-0.4, -0.2) is 23.0 Å². The number of rotatable bonds is 5. The van der Waals surface area contributed by atoms with Gasteiger partial charge in [0.1, 0.15) is 5.75 Å². The molecule has 0 atom stereocenters. The largest absolute Gasteiger partial charge is 0.496 e. The number of para-hydroxylation sites is 1. The topological polar surface area (TPSA) is 14.2 Å². The monoisotopic (exact) mass is 483 g/mol. The van der Waals surface area contributed by atoms with Crippen molar-refractivity contribution in [3.8, 4) is 17.0 Å². The summed E-state index contributed by atoms with van der Waals surface area (Å²) in [5.41, 5.74) is 5.78. The van der Waals surface area contributed by atoms with Gasteiger partial charge in [-0.2, -0.15) is 0 Å². The van der Waals surface area contributed by atoms with Crippen molar-refractivity contribution in [2.24, 2.45) is 7.05 Å². The normalized spacial score (nSPS) is 18.0. The molecule has 1 heterocycles. The van der Waals surface area contributed by atoms with E-state index in [9.17, 15) is 0 Å². The lowest BCUT2D eigenvalue weighted by atomic mass is 9.99. The van der Waals surface area contributed by atoms with Gasteiger partial charge in [-0.15, -0.1) is 0 Å². The van der Waals surface area contributed by atoms with Gasteiger partial charge < -0.3 is 9.30 Å². The van der Waals surface area contributed by atoms with Crippen molar-refractivity contribution in [3.63, 3.8) is 0 Å². The maximum atomic E-state index is 6.08. The molecule has 0 bridgehead atoms. The van der Waals surface area contributed by atoms with Crippen LogP contribution in [0.2, 0.25) is 0 Å². The first-order valence-corrected chi connectivity index (χ1v) is 15.2. The summed E-state index contributed by atoms with van der Waals surface area (Å²) >= 11 is 0. The molecular weight excluding hydrogens is 445 g/mol. The number of aryl methyl sites for hydroxylation is 1. The zero-order chi connectivity index (χ0) is 23.8. The van der Waals surface area contributed by atoms with E-state index in [4.69, 9.17) is 4.74 Å². The number of benzene rings is 3. The van der Waals surface area contributed by atoms with Crippen LogP contribution >= 0.6 is 7.92 Å². The minimum atomic E-state index is -0.265. The van der Waals surface area contributed by atoms with E-state index >= 15 is 0 Å². The molecular formula is C32H38NOP. The Morgan fingerprint density at radius 3 is 1.97 bits per heavy atom. The van der Waals surface area contributed by atoms with Crippen molar-refractivity contribution >= 4 is 34.9 Å². The van der Waals surface area contributed by atoms with Gasteiger partial charge in [-0.1, -0.05) is 95.0 Å². The highest BCUT2D eigenvalue weighted by molar-refractivity contribution is 7.67. The second-order valence-corrected chi connectivity index (χ2v) is 13.4. The van der Waals surface area contributed by atoms with Crippen molar-refractivity contribution in [1.29, 1.82) is 0 Å². The van der Waals surface area contributed by atoms with Gasteiger partial charge in [-0.05, 0) is 59.9 Å². The van der Waals surface area contributed by atoms with E-state index in [1.807, 2.05) is 7.11 Å². The van der Waals surface area contributed by atoms with E-state index in [0.717, 1.165) is 17.1 Å². The molecule has 2 fully saturated rings. The van der Waals surface area contributed by atoms with Crippen LogP contribution in [0.5, 0.6) is 5.75 Å². The van der Waals surface area contributed by atoms with Crippen LogP contribution in [0.25, 0.3) is 32.9 Å². The van der Waals surface area contributed by atoms with E-state index in [0.29, 0.717) is 0 Å². The molecule has 2 saturated carbocycles. The fourth-order valence-electron chi connectivity index (χ4n) is 6.97. The standard InChI is InChI=1S/C32H38NOP/c1-33-28-20-12-11-19-27(28)32(35(24-14-5-3-6-15-24)25-16-7-4-8-17-25)31(33)30-26-18-10-9-13-23(26)21-22-29(30)34-2/h9-13,18-22,24-25H,3-8,14-17H2,1-2H3. The lowest BCUT2D eigenvalue weighted by molar-refractivity contribution is 0.417. The predicted molar refractivity (Wildman–Crippen MR) is 153 cm³/mol. The fraction of sp³-hybridized carbons (Fsp3) is 0.438. The Hall–Kier alpha value is -2.31. The molecule has 0 N–H and O–H groups in total. The van der Waals surface area contributed by atoms with Crippen LogP contribution in [0.15, 0.2) is 60.7 Å². The van der Waals surface area contributed by atoms with Crippen molar-refractivity contribution in [3.05, 3.63) is 60.7 Å². The molecule has 2 nitrogen and oxygen atoms in total. The molecule has 3 heteroatoms. The molecule has 6 rings (SSSR count). The Morgan fingerprint density at radius 2 is 1.31 bits per heavy atom. The third-order valence-corrected chi connectivity index (χ3v) is 12.2. The predicted octanol–water partition coefficient (Wildman–Crippen LogP) is 8.78. The molecule has 2 aliphatic rings. The molecule has 0 amide bonds. The summed E-state index contributed by atoms with van der Waals surface area (Å²) in [5, 5.41) is 5.76. The molecule has 0 radical (unpaired) electrons. The summed E-state index contributed by atoms with van der Waals surface area (Å²) in [6.07, 6.45) is 14.1. The number of hydrogen-bond acceptors (Lipinski definition) is 1. The summed E-state index contributed by atoms with van der Waals surface area (Å²) in [6.45, 7) is 0. The minimum Gasteiger partial charge on any atom is -0.496 e.